The van der Waals surface area contributed by atoms with E-state index in [2.05, 4.69) is 15.5 Å². The molecule has 0 aliphatic carbocycles. The van der Waals surface area contributed by atoms with Crippen LogP contribution in [0.1, 0.15) is 10.6 Å². The average molecular weight is 385 g/mol. The van der Waals surface area contributed by atoms with Crippen molar-refractivity contribution in [2.75, 3.05) is 5.32 Å². The molecular weight excluding hydrogens is 370 g/mol. The van der Waals surface area contributed by atoms with Crippen molar-refractivity contribution >= 4 is 38.3 Å². The van der Waals surface area contributed by atoms with Crippen molar-refractivity contribution in [2.24, 2.45) is 0 Å². The third-order valence-corrected chi connectivity index (χ3v) is 6.00. The van der Waals surface area contributed by atoms with Crippen molar-refractivity contribution in [2.45, 2.75) is 10.6 Å². The highest BCUT2D eigenvalue weighted by Gasteiger charge is 2.18. The molecule has 0 fully saturated rings. The number of carbonyl (C=O) groups is 1. The van der Waals surface area contributed by atoms with Gasteiger partial charge in [0.25, 0.3) is 0 Å². The van der Waals surface area contributed by atoms with Gasteiger partial charge in [0.2, 0.25) is 11.0 Å². The molecule has 0 unspecified atom stereocenters. The number of nitrogens with zero attached hydrogens (tertiary/aromatic N) is 2. The van der Waals surface area contributed by atoms with Crippen LogP contribution in [0.25, 0.3) is 6.08 Å². The van der Waals surface area contributed by atoms with E-state index in [0.29, 0.717) is 5.01 Å². The van der Waals surface area contributed by atoms with E-state index >= 15 is 0 Å². The number of aromatic nitrogens is 2. The summed E-state index contributed by atoms with van der Waals surface area (Å²) in [5, 5.41) is 10.8. The SMILES string of the molecule is O=C(/C=C/c1ccccc1)Nc1nnc(CS(=O)(=O)c2ccccc2)s1. The zero-order valence-corrected chi connectivity index (χ0v) is 15.2. The van der Waals surface area contributed by atoms with Gasteiger partial charge >= 0.3 is 0 Å². The van der Waals surface area contributed by atoms with Gasteiger partial charge in [0.1, 0.15) is 10.8 Å². The molecule has 0 spiro atoms. The van der Waals surface area contributed by atoms with Crippen molar-refractivity contribution in [1.29, 1.82) is 0 Å². The lowest BCUT2D eigenvalue weighted by atomic mass is 10.2. The fourth-order valence-corrected chi connectivity index (χ4v) is 4.48. The van der Waals surface area contributed by atoms with Gasteiger partial charge in [-0.05, 0) is 23.8 Å². The summed E-state index contributed by atoms with van der Waals surface area (Å²) in [5.74, 6) is -0.618. The van der Waals surface area contributed by atoms with Crippen LogP contribution in [0.2, 0.25) is 0 Å². The monoisotopic (exact) mass is 385 g/mol. The minimum atomic E-state index is -3.49. The second-order valence-electron chi connectivity index (χ2n) is 5.31. The van der Waals surface area contributed by atoms with Gasteiger partial charge in [0.15, 0.2) is 9.84 Å². The number of carbonyl (C=O) groups excluding carboxylic acids is 1. The highest BCUT2D eigenvalue weighted by Crippen LogP contribution is 2.21. The lowest BCUT2D eigenvalue weighted by Crippen LogP contribution is -2.07. The fraction of sp³-hybridized carbons (Fsp3) is 0.0556. The summed E-state index contributed by atoms with van der Waals surface area (Å²) in [6.45, 7) is 0. The Labute approximate surface area is 155 Å². The molecule has 0 saturated carbocycles. The quantitative estimate of drug-likeness (QED) is 0.659. The van der Waals surface area contributed by atoms with Crippen LogP contribution in [-0.2, 0) is 20.4 Å². The van der Waals surface area contributed by atoms with E-state index in [1.807, 2.05) is 30.3 Å². The lowest BCUT2D eigenvalue weighted by molar-refractivity contribution is -0.111. The molecule has 2 aromatic carbocycles. The number of hydrogen-bond acceptors (Lipinski definition) is 6. The predicted octanol–water partition coefficient (Wildman–Crippen LogP) is 3.16. The van der Waals surface area contributed by atoms with Gasteiger partial charge in [-0.15, -0.1) is 10.2 Å². The standard InChI is InChI=1S/C18H15N3O3S2/c22-16(12-11-14-7-3-1-4-8-14)19-18-21-20-17(25-18)13-26(23,24)15-9-5-2-6-10-15/h1-12H,13H2,(H,19,21,22)/b12-11+. The summed E-state index contributed by atoms with van der Waals surface area (Å²) in [6, 6.07) is 17.5. The Morgan fingerprint density at radius 3 is 2.35 bits per heavy atom. The van der Waals surface area contributed by atoms with E-state index < -0.39 is 9.84 Å². The predicted molar refractivity (Wildman–Crippen MR) is 101 cm³/mol. The van der Waals surface area contributed by atoms with E-state index in [-0.39, 0.29) is 21.7 Å². The van der Waals surface area contributed by atoms with Crippen LogP contribution < -0.4 is 5.32 Å². The number of anilines is 1. The molecule has 6 nitrogen and oxygen atoms in total. The molecule has 1 N–H and O–H groups in total. The van der Waals surface area contributed by atoms with Gasteiger partial charge in [-0.25, -0.2) is 8.42 Å². The highest BCUT2D eigenvalue weighted by atomic mass is 32.2. The Balaban J connectivity index is 1.63. The molecule has 0 radical (unpaired) electrons. The van der Waals surface area contributed by atoms with E-state index in [9.17, 15) is 13.2 Å². The number of benzene rings is 2. The van der Waals surface area contributed by atoms with Gasteiger partial charge < -0.3 is 0 Å². The van der Waals surface area contributed by atoms with Crippen LogP contribution >= 0.6 is 11.3 Å². The summed E-state index contributed by atoms with van der Waals surface area (Å²) in [7, 11) is -3.49. The summed E-state index contributed by atoms with van der Waals surface area (Å²) in [5.41, 5.74) is 0.898. The first-order valence-corrected chi connectivity index (χ1v) is 10.1. The maximum atomic E-state index is 12.3. The average Bonchev–Trinajstić information content (AvgIpc) is 3.07. The maximum Gasteiger partial charge on any atom is 0.250 e. The first kappa shape index (κ1) is 18.0. The van der Waals surface area contributed by atoms with Gasteiger partial charge in [0.05, 0.1) is 4.90 Å². The maximum absolute atomic E-state index is 12.3. The first-order chi connectivity index (χ1) is 12.5. The van der Waals surface area contributed by atoms with Crippen LogP contribution in [-0.4, -0.2) is 24.5 Å². The number of sulfone groups is 1. The second-order valence-corrected chi connectivity index (χ2v) is 8.36. The molecule has 132 valence electrons. The van der Waals surface area contributed by atoms with Gasteiger partial charge in [0, 0.05) is 6.08 Å². The van der Waals surface area contributed by atoms with E-state index in [4.69, 9.17) is 0 Å². The van der Waals surface area contributed by atoms with Gasteiger partial charge in [-0.3, -0.25) is 10.1 Å². The fourth-order valence-electron chi connectivity index (χ4n) is 2.12. The lowest BCUT2D eigenvalue weighted by Gasteiger charge is -2.00. The smallest absolute Gasteiger partial charge is 0.250 e. The Hall–Kier alpha value is -2.84. The van der Waals surface area contributed by atoms with E-state index in [1.54, 1.807) is 24.3 Å². The molecule has 3 aromatic rings. The van der Waals surface area contributed by atoms with Crippen molar-refractivity contribution in [1.82, 2.24) is 10.2 Å². The molecule has 26 heavy (non-hydrogen) atoms. The Morgan fingerprint density at radius 2 is 1.65 bits per heavy atom. The zero-order valence-electron chi connectivity index (χ0n) is 13.6. The second kappa shape index (κ2) is 8.03. The largest absolute Gasteiger partial charge is 0.297 e. The van der Waals surface area contributed by atoms with E-state index in [1.165, 1.54) is 18.2 Å². The van der Waals surface area contributed by atoms with Gasteiger partial charge in [-0.1, -0.05) is 59.9 Å². The van der Waals surface area contributed by atoms with Gasteiger partial charge in [-0.2, -0.15) is 0 Å². The topological polar surface area (TPSA) is 89.0 Å². The van der Waals surface area contributed by atoms with Crippen molar-refractivity contribution in [3.8, 4) is 0 Å². The molecule has 0 atom stereocenters. The Bertz CT molecular complexity index is 1010. The zero-order chi connectivity index (χ0) is 18.4. The Kier molecular flexibility index (Phi) is 5.55. The first-order valence-electron chi connectivity index (χ1n) is 7.67. The Morgan fingerprint density at radius 1 is 1.00 bits per heavy atom. The van der Waals surface area contributed by atoms with Crippen LogP contribution in [0.5, 0.6) is 0 Å². The molecule has 0 bridgehead atoms. The molecule has 0 aliphatic heterocycles. The number of nitrogens with one attached hydrogen (secondary N) is 1. The third kappa shape index (κ3) is 4.84. The van der Waals surface area contributed by atoms with Crippen LogP contribution in [0.3, 0.4) is 0 Å². The number of hydrogen-bond donors (Lipinski definition) is 1. The van der Waals surface area contributed by atoms with Crippen LogP contribution in [0.4, 0.5) is 5.13 Å². The number of amides is 1. The molecule has 0 aliphatic rings. The van der Waals surface area contributed by atoms with Crippen LogP contribution in [0, 0.1) is 0 Å². The third-order valence-electron chi connectivity index (χ3n) is 3.34. The molecule has 0 saturated heterocycles. The molecule has 1 heterocycles. The van der Waals surface area contributed by atoms with Crippen molar-refractivity contribution < 1.29 is 13.2 Å². The molecular formula is C18H15N3O3S2. The van der Waals surface area contributed by atoms with E-state index in [0.717, 1.165) is 16.9 Å². The normalized spacial score (nSPS) is 11.5. The van der Waals surface area contributed by atoms with Crippen LogP contribution in [0.15, 0.2) is 71.6 Å². The minimum Gasteiger partial charge on any atom is -0.297 e. The van der Waals surface area contributed by atoms with Crippen molar-refractivity contribution in [3.63, 3.8) is 0 Å². The summed E-state index contributed by atoms with van der Waals surface area (Å²) >= 11 is 1.04. The highest BCUT2D eigenvalue weighted by molar-refractivity contribution is 7.90. The van der Waals surface area contributed by atoms with Crippen molar-refractivity contribution in [3.05, 3.63) is 77.3 Å². The molecule has 1 amide bonds. The summed E-state index contributed by atoms with van der Waals surface area (Å²) in [6.07, 6.45) is 3.06. The molecule has 1 aromatic heterocycles. The molecule has 8 heteroatoms. The summed E-state index contributed by atoms with van der Waals surface area (Å²) < 4.78 is 24.7. The summed E-state index contributed by atoms with van der Waals surface area (Å²) in [4.78, 5) is 12.2. The molecule has 3 rings (SSSR count). The minimum absolute atomic E-state index is 0.228. The number of rotatable bonds is 6.